The fourth-order valence-electron chi connectivity index (χ4n) is 1.86. The summed E-state index contributed by atoms with van der Waals surface area (Å²) in [7, 11) is 0. The first kappa shape index (κ1) is 17.2. The van der Waals surface area contributed by atoms with Gasteiger partial charge in [-0.15, -0.1) is 0 Å². The highest BCUT2D eigenvalue weighted by Crippen LogP contribution is 2.17. The Bertz CT molecular complexity index is 698. The van der Waals surface area contributed by atoms with Crippen LogP contribution in [0.3, 0.4) is 0 Å². The number of ether oxygens (including phenoxy) is 1. The second kappa shape index (κ2) is 8.50. The first-order chi connectivity index (χ1) is 11.0. The van der Waals surface area contributed by atoms with Crippen molar-refractivity contribution in [2.75, 3.05) is 6.61 Å². The lowest BCUT2D eigenvalue weighted by atomic mass is 10.1. The minimum absolute atomic E-state index is 0.221. The Labute approximate surface area is 143 Å². The van der Waals surface area contributed by atoms with Crippen LogP contribution in [-0.4, -0.2) is 18.5 Å². The number of carbonyl (C=O) groups is 2. The molecule has 0 saturated carbocycles. The van der Waals surface area contributed by atoms with Crippen LogP contribution in [0.2, 0.25) is 5.02 Å². The summed E-state index contributed by atoms with van der Waals surface area (Å²) < 4.78 is 4.90. The number of benzene rings is 1. The molecule has 0 fully saturated rings. The molecule has 1 amide bonds. The molecule has 0 bridgehead atoms. The Morgan fingerprint density at radius 2 is 2.22 bits per heavy atom. The van der Waals surface area contributed by atoms with Crippen LogP contribution < -0.4 is 5.32 Å². The number of esters is 1. The minimum Gasteiger partial charge on any atom is -0.452 e. The van der Waals surface area contributed by atoms with Gasteiger partial charge in [-0.05, 0) is 53.1 Å². The molecule has 0 saturated heterocycles. The van der Waals surface area contributed by atoms with Crippen molar-refractivity contribution in [3.63, 3.8) is 0 Å². The average Bonchev–Trinajstić information content (AvgIpc) is 3.04. The highest BCUT2D eigenvalue weighted by Gasteiger charge is 2.11. The van der Waals surface area contributed by atoms with Crippen molar-refractivity contribution in [3.05, 3.63) is 63.3 Å². The molecule has 0 aliphatic rings. The maximum atomic E-state index is 11.8. The number of carbonyl (C=O) groups excluding carboxylic acids is 2. The van der Waals surface area contributed by atoms with Crippen LogP contribution >= 0.6 is 22.9 Å². The van der Waals surface area contributed by atoms with E-state index in [4.69, 9.17) is 16.3 Å². The van der Waals surface area contributed by atoms with Crippen LogP contribution in [0, 0.1) is 0 Å². The van der Waals surface area contributed by atoms with Crippen LogP contribution in [0.1, 0.15) is 24.1 Å². The van der Waals surface area contributed by atoms with Crippen LogP contribution in [0.4, 0.5) is 0 Å². The Balaban J connectivity index is 1.77. The number of hydrogen-bond donors (Lipinski definition) is 1. The number of thiophene rings is 1. The van der Waals surface area contributed by atoms with Gasteiger partial charge in [0, 0.05) is 11.1 Å². The van der Waals surface area contributed by atoms with E-state index in [9.17, 15) is 9.59 Å². The Hall–Kier alpha value is -2.11. The molecular weight excluding hydrogens is 334 g/mol. The minimum atomic E-state index is -0.554. The van der Waals surface area contributed by atoms with Crippen molar-refractivity contribution in [2.45, 2.75) is 13.0 Å². The zero-order chi connectivity index (χ0) is 16.7. The maximum Gasteiger partial charge on any atom is 0.331 e. The second-order valence-electron chi connectivity index (χ2n) is 4.84. The molecule has 6 heteroatoms. The van der Waals surface area contributed by atoms with E-state index < -0.39 is 5.97 Å². The number of halogens is 1. The molecule has 120 valence electrons. The van der Waals surface area contributed by atoms with Crippen LogP contribution in [0.25, 0.3) is 6.08 Å². The summed E-state index contributed by atoms with van der Waals surface area (Å²) in [4.78, 5) is 23.3. The third kappa shape index (κ3) is 5.88. The van der Waals surface area contributed by atoms with Crippen LogP contribution in [0.5, 0.6) is 0 Å². The summed E-state index contributed by atoms with van der Waals surface area (Å²) in [6.45, 7) is 1.51. The molecule has 0 radical (unpaired) electrons. The van der Waals surface area contributed by atoms with Gasteiger partial charge in [-0.1, -0.05) is 23.7 Å². The average molecular weight is 350 g/mol. The summed E-state index contributed by atoms with van der Waals surface area (Å²) in [5, 5.41) is 7.17. The van der Waals surface area contributed by atoms with Crippen molar-refractivity contribution in [1.82, 2.24) is 5.32 Å². The van der Waals surface area contributed by atoms with E-state index in [1.165, 1.54) is 17.4 Å². The fraction of sp³-hybridized carbons (Fsp3) is 0.176. The molecule has 1 aromatic carbocycles. The molecule has 1 atom stereocenters. The molecule has 4 nitrogen and oxygen atoms in total. The van der Waals surface area contributed by atoms with Gasteiger partial charge in [-0.3, -0.25) is 4.79 Å². The van der Waals surface area contributed by atoms with Gasteiger partial charge >= 0.3 is 5.97 Å². The van der Waals surface area contributed by atoms with Crippen molar-refractivity contribution in [3.8, 4) is 0 Å². The van der Waals surface area contributed by atoms with E-state index in [0.717, 1.165) is 11.1 Å². The molecule has 0 spiro atoms. The zero-order valence-corrected chi connectivity index (χ0v) is 14.1. The van der Waals surface area contributed by atoms with E-state index >= 15 is 0 Å². The molecule has 2 aromatic rings. The first-order valence-electron chi connectivity index (χ1n) is 6.96. The van der Waals surface area contributed by atoms with Crippen LogP contribution in [0.15, 0.2) is 47.2 Å². The monoisotopic (exact) mass is 349 g/mol. The summed E-state index contributed by atoms with van der Waals surface area (Å²) in [6, 6.07) is 8.89. The molecule has 0 unspecified atom stereocenters. The Morgan fingerprint density at radius 3 is 2.91 bits per heavy atom. The Morgan fingerprint density at radius 1 is 1.39 bits per heavy atom. The van der Waals surface area contributed by atoms with Gasteiger partial charge in [0.15, 0.2) is 6.61 Å². The largest absolute Gasteiger partial charge is 0.452 e. The molecule has 1 aromatic heterocycles. The standard InChI is InChI=1S/C17H16ClNO3S/c1-12(14-3-2-4-15(18)9-14)19-16(20)10-22-17(21)6-5-13-7-8-23-11-13/h2-9,11-12H,10H2,1H3,(H,19,20)/b6-5+/t12-/m0/s1. The van der Waals surface area contributed by atoms with E-state index in [0.29, 0.717) is 5.02 Å². The maximum absolute atomic E-state index is 11.8. The van der Waals surface area contributed by atoms with Gasteiger partial charge in [-0.2, -0.15) is 11.3 Å². The Kier molecular flexibility index (Phi) is 6.38. The number of rotatable bonds is 6. The molecule has 1 N–H and O–H groups in total. The molecular formula is C17H16ClNO3S. The lowest BCUT2D eigenvalue weighted by molar-refractivity contribution is -0.144. The fourth-order valence-corrected chi connectivity index (χ4v) is 2.69. The van der Waals surface area contributed by atoms with Gasteiger partial charge in [0.05, 0.1) is 6.04 Å². The van der Waals surface area contributed by atoms with Gasteiger partial charge in [-0.25, -0.2) is 4.79 Å². The quantitative estimate of drug-likeness (QED) is 0.637. The van der Waals surface area contributed by atoms with Gasteiger partial charge in [0.25, 0.3) is 5.91 Å². The second-order valence-corrected chi connectivity index (χ2v) is 6.06. The molecule has 1 heterocycles. The third-order valence-corrected chi connectivity index (χ3v) is 3.96. The van der Waals surface area contributed by atoms with Crippen molar-refractivity contribution < 1.29 is 14.3 Å². The number of amides is 1. The zero-order valence-electron chi connectivity index (χ0n) is 12.5. The third-order valence-electron chi connectivity index (χ3n) is 3.03. The SMILES string of the molecule is C[C@H](NC(=O)COC(=O)/C=C/c1ccsc1)c1cccc(Cl)c1. The smallest absolute Gasteiger partial charge is 0.331 e. The molecule has 0 aliphatic heterocycles. The highest BCUT2D eigenvalue weighted by molar-refractivity contribution is 7.08. The first-order valence-corrected chi connectivity index (χ1v) is 8.28. The van der Waals surface area contributed by atoms with E-state index in [1.54, 1.807) is 18.2 Å². The van der Waals surface area contributed by atoms with Gasteiger partial charge < -0.3 is 10.1 Å². The lowest BCUT2D eigenvalue weighted by Gasteiger charge is -2.14. The van der Waals surface area contributed by atoms with Crippen molar-refractivity contribution in [2.24, 2.45) is 0 Å². The highest BCUT2D eigenvalue weighted by atomic mass is 35.5. The lowest BCUT2D eigenvalue weighted by Crippen LogP contribution is -2.30. The predicted octanol–water partition coefficient (Wildman–Crippen LogP) is 3.84. The molecule has 23 heavy (non-hydrogen) atoms. The van der Waals surface area contributed by atoms with E-state index in [1.807, 2.05) is 35.9 Å². The number of nitrogens with one attached hydrogen (secondary N) is 1. The van der Waals surface area contributed by atoms with E-state index in [2.05, 4.69) is 5.32 Å². The topological polar surface area (TPSA) is 55.4 Å². The molecule has 2 rings (SSSR count). The predicted molar refractivity (Wildman–Crippen MR) is 92.3 cm³/mol. The summed E-state index contributed by atoms with van der Waals surface area (Å²) in [6.07, 6.45) is 2.95. The normalized spacial score (nSPS) is 12.1. The van der Waals surface area contributed by atoms with Gasteiger partial charge in [0.2, 0.25) is 0 Å². The van der Waals surface area contributed by atoms with Crippen molar-refractivity contribution in [1.29, 1.82) is 0 Å². The summed E-state index contributed by atoms with van der Waals surface area (Å²) in [5.41, 5.74) is 1.81. The van der Waals surface area contributed by atoms with Crippen molar-refractivity contribution >= 4 is 40.9 Å². The molecule has 0 aliphatic carbocycles. The van der Waals surface area contributed by atoms with Gasteiger partial charge in [0.1, 0.15) is 0 Å². The summed E-state index contributed by atoms with van der Waals surface area (Å²) in [5.74, 6) is -0.920. The van der Waals surface area contributed by atoms with Crippen LogP contribution in [-0.2, 0) is 14.3 Å². The van der Waals surface area contributed by atoms with E-state index in [-0.39, 0.29) is 18.6 Å². The summed E-state index contributed by atoms with van der Waals surface area (Å²) >= 11 is 7.45. The number of hydrogen-bond acceptors (Lipinski definition) is 4.